The average molecular weight is 363 g/mol. The molecule has 2 rings (SSSR count). The van der Waals surface area contributed by atoms with Crippen LogP contribution in [0.25, 0.3) is 0 Å². The van der Waals surface area contributed by atoms with Crippen molar-refractivity contribution in [2.45, 2.75) is 45.1 Å². The quantitative estimate of drug-likeness (QED) is 0.784. The molecule has 2 N–H and O–H groups in total. The molecule has 25 heavy (non-hydrogen) atoms. The number of rotatable bonds is 7. The van der Waals surface area contributed by atoms with E-state index in [4.69, 9.17) is 4.74 Å². The van der Waals surface area contributed by atoms with Gasteiger partial charge in [0.2, 0.25) is 0 Å². The van der Waals surface area contributed by atoms with Crippen molar-refractivity contribution in [3.05, 3.63) is 41.6 Å². The van der Waals surface area contributed by atoms with Gasteiger partial charge >= 0.3 is 0 Å². The minimum absolute atomic E-state index is 0.217. The van der Waals surface area contributed by atoms with Crippen molar-refractivity contribution in [3.8, 4) is 5.75 Å². The predicted octanol–water partition coefficient (Wildman–Crippen LogP) is 3.72. The van der Waals surface area contributed by atoms with Crippen molar-refractivity contribution < 1.29 is 13.2 Å². The molecule has 1 heterocycles. The largest absolute Gasteiger partial charge is 0.496 e. The first-order chi connectivity index (χ1) is 11.8. The van der Waals surface area contributed by atoms with Crippen molar-refractivity contribution in [1.82, 2.24) is 4.98 Å². The van der Waals surface area contributed by atoms with Gasteiger partial charge in [0.05, 0.1) is 23.9 Å². The molecule has 1 atom stereocenters. The molecule has 1 unspecified atom stereocenters. The number of sulfonamides is 1. The van der Waals surface area contributed by atoms with Gasteiger partial charge in [-0.2, -0.15) is 0 Å². The number of aromatic nitrogens is 1. The molecule has 0 spiro atoms. The van der Waals surface area contributed by atoms with Gasteiger partial charge in [-0.3, -0.25) is 4.72 Å². The first kappa shape index (κ1) is 19.1. The van der Waals surface area contributed by atoms with Gasteiger partial charge in [-0.05, 0) is 62.6 Å². The lowest BCUT2D eigenvalue weighted by molar-refractivity contribution is 0.411. The van der Waals surface area contributed by atoms with Crippen LogP contribution in [0.2, 0.25) is 0 Å². The molecule has 7 heteroatoms. The summed E-state index contributed by atoms with van der Waals surface area (Å²) in [6, 6.07) is 7.11. The molecule has 0 bridgehead atoms. The zero-order chi connectivity index (χ0) is 18.6. The monoisotopic (exact) mass is 363 g/mol. The van der Waals surface area contributed by atoms with Gasteiger partial charge in [0.1, 0.15) is 11.6 Å². The number of hydrogen-bond acceptors (Lipinski definition) is 5. The van der Waals surface area contributed by atoms with E-state index in [1.165, 1.54) is 0 Å². The van der Waals surface area contributed by atoms with Gasteiger partial charge in [-0.15, -0.1) is 0 Å². The third kappa shape index (κ3) is 4.63. The second-order valence-corrected chi connectivity index (χ2v) is 7.73. The van der Waals surface area contributed by atoms with E-state index in [2.05, 4.69) is 28.9 Å². The van der Waals surface area contributed by atoms with Crippen LogP contribution in [0.3, 0.4) is 0 Å². The smallest absolute Gasteiger partial charge is 0.263 e. The Morgan fingerprint density at radius 2 is 1.92 bits per heavy atom. The Balaban J connectivity index is 2.23. The molecule has 0 amide bonds. The van der Waals surface area contributed by atoms with Crippen LogP contribution in [-0.2, 0) is 10.0 Å². The highest BCUT2D eigenvalue weighted by molar-refractivity contribution is 7.92. The van der Waals surface area contributed by atoms with E-state index in [0.717, 1.165) is 17.7 Å². The normalized spacial score (nSPS) is 12.5. The Morgan fingerprint density at radius 1 is 1.20 bits per heavy atom. The number of nitrogens with one attached hydrogen (secondary N) is 2. The Bertz CT molecular complexity index is 833. The van der Waals surface area contributed by atoms with Crippen molar-refractivity contribution >= 4 is 21.5 Å². The summed E-state index contributed by atoms with van der Waals surface area (Å²) in [5.74, 6) is 0.942. The second-order valence-electron chi connectivity index (χ2n) is 6.08. The van der Waals surface area contributed by atoms with Crippen LogP contribution in [0.5, 0.6) is 5.75 Å². The predicted molar refractivity (Wildman–Crippen MR) is 101 cm³/mol. The molecular weight excluding hydrogens is 338 g/mol. The third-order valence-corrected chi connectivity index (χ3v) is 5.51. The molecule has 1 aromatic carbocycles. The number of anilines is 2. The maximum absolute atomic E-state index is 12.7. The van der Waals surface area contributed by atoms with E-state index >= 15 is 0 Å². The fraction of sp³-hybridized carbons (Fsp3) is 0.389. The minimum Gasteiger partial charge on any atom is -0.496 e. The van der Waals surface area contributed by atoms with Crippen LogP contribution in [0.4, 0.5) is 11.5 Å². The minimum atomic E-state index is -3.72. The van der Waals surface area contributed by atoms with Gasteiger partial charge < -0.3 is 10.1 Å². The number of ether oxygens (including phenoxy) is 1. The molecule has 0 fully saturated rings. The lowest BCUT2D eigenvalue weighted by atomic mass is 10.1. The number of benzene rings is 1. The molecule has 2 aromatic rings. The second kappa shape index (κ2) is 7.74. The summed E-state index contributed by atoms with van der Waals surface area (Å²) in [6.45, 7) is 7.71. The summed E-state index contributed by atoms with van der Waals surface area (Å²) in [6.07, 6.45) is 2.61. The summed E-state index contributed by atoms with van der Waals surface area (Å²) in [4.78, 5) is 4.40. The molecule has 0 saturated heterocycles. The summed E-state index contributed by atoms with van der Waals surface area (Å²) < 4.78 is 33.1. The number of pyridine rings is 1. The third-order valence-electron chi connectivity index (χ3n) is 4.01. The van der Waals surface area contributed by atoms with E-state index in [1.807, 2.05) is 13.0 Å². The van der Waals surface area contributed by atoms with E-state index in [1.54, 1.807) is 38.4 Å². The van der Waals surface area contributed by atoms with Crippen molar-refractivity contribution in [2.75, 3.05) is 17.1 Å². The zero-order valence-corrected chi connectivity index (χ0v) is 16.1. The highest BCUT2D eigenvalue weighted by atomic mass is 32.2. The summed E-state index contributed by atoms with van der Waals surface area (Å²) >= 11 is 0. The molecule has 1 aromatic heterocycles. The summed E-state index contributed by atoms with van der Waals surface area (Å²) in [5, 5.41) is 3.29. The molecule has 0 radical (unpaired) electrons. The Hall–Kier alpha value is -2.28. The van der Waals surface area contributed by atoms with Crippen molar-refractivity contribution in [3.63, 3.8) is 0 Å². The molecule has 0 aliphatic carbocycles. The van der Waals surface area contributed by atoms with E-state index in [9.17, 15) is 8.42 Å². The first-order valence-electron chi connectivity index (χ1n) is 8.17. The Morgan fingerprint density at radius 3 is 2.48 bits per heavy atom. The first-order valence-corrected chi connectivity index (χ1v) is 9.65. The zero-order valence-electron chi connectivity index (χ0n) is 15.3. The lowest BCUT2D eigenvalue weighted by Gasteiger charge is -2.14. The topological polar surface area (TPSA) is 80.3 Å². The molecule has 0 aliphatic rings. The number of nitrogens with zero attached hydrogens (tertiary/aromatic N) is 1. The highest BCUT2D eigenvalue weighted by Gasteiger charge is 2.19. The number of methoxy groups -OCH3 is 1. The van der Waals surface area contributed by atoms with Crippen molar-refractivity contribution in [1.29, 1.82) is 0 Å². The van der Waals surface area contributed by atoms with Crippen molar-refractivity contribution in [2.24, 2.45) is 0 Å². The number of aryl methyl sites for hydroxylation is 2. The summed E-state index contributed by atoms with van der Waals surface area (Å²) in [5.41, 5.74) is 2.23. The standard InChI is InChI=1S/C18H25N3O3S/c1-6-14(4)20-15-7-8-18(19-11-15)21-25(22,23)17-10-12(2)16(24-5)9-13(17)3/h7-11,14,20H,6H2,1-5H3,(H,19,21). The Kier molecular flexibility index (Phi) is 5.89. The van der Waals surface area contributed by atoms with E-state index in [0.29, 0.717) is 17.4 Å². The van der Waals surface area contributed by atoms with Gasteiger partial charge in [-0.1, -0.05) is 6.92 Å². The Labute approximate surface area is 149 Å². The molecule has 6 nitrogen and oxygen atoms in total. The van der Waals surface area contributed by atoms with E-state index < -0.39 is 10.0 Å². The number of hydrogen-bond donors (Lipinski definition) is 2. The molecule has 136 valence electrons. The van der Waals surface area contributed by atoms with Crippen LogP contribution >= 0.6 is 0 Å². The van der Waals surface area contributed by atoms with E-state index in [-0.39, 0.29) is 10.7 Å². The van der Waals surface area contributed by atoms with Crippen LogP contribution in [0.1, 0.15) is 31.4 Å². The highest BCUT2D eigenvalue weighted by Crippen LogP contribution is 2.27. The maximum atomic E-state index is 12.7. The molecule has 0 saturated carbocycles. The summed E-state index contributed by atoms with van der Waals surface area (Å²) in [7, 11) is -2.16. The van der Waals surface area contributed by atoms with Gasteiger partial charge in [0, 0.05) is 6.04 Å². The SMILES string of the molecule is CCC(C)Nc1ccc(NS(=O)(=O)c2cc(C)c(OC)cc2C)nc1. The lowest BCUT2D eigenvalue weighted by Crippen LogP contribution is -2.16. The van der Waals surface area contributed by atoms with Gasteiger partial charge in [0.15, 0.2) is 0 Å². The van der Waals surface area contributed by atoms with Gasteiger partial charge in [-0.25, -0.2) is 13.4 Å². The van der Waals surface area contributed by atoms with Crippen LogP contribution in [0, 0.1) is 13.8 Å². The van der Waals surface area contributed by atoms with Crippen LogP contribution in [0.15, 0.2) is 35.4 Å². The van der Waals surface area contributed by atoms with Crippen LogP contribution in [-0.4, -0.2) is 26.6 Å². The van der Waals surface area contributed by atoms with Crippen LogP contribution < -0.4 is 14.8 Å². The fourth-order valence-electron chi connectivity index (χ4n) is 2.39. The average Bonchev–Trinajstić information content (AvgIpc) is 2.57. The maximum Gasteiger partial charge on any atom is 0.263 e. The van der Waals surface area contributed by atoms with Gasteiger partial charge in [0.25, 0.3) is 10.0 Å². The fourth-order valence-corrected chi connectivity index (χ4v) is 3.71. The molecular formula is C18H25N3O3S. The molecule has 0 aliphatic heterocycles.